The first-order valence-corrected chi connectivity index (χ1v) is 10.6. The second-order valence-electron chi connectivity index (χ2n) is 7.64. The van der Waals surface area contributed by atoms with Crippen molar-refractivity contribution in [2.75, 3.05) is 20.8 Å². The van der Waals surface area contributed by atoms with Gasteiger partial charge < -0.3 is 14.0 Å². The monoisotopic (exact) mass is 424 g/mol. The molecule has 6 nitrogen and oxygen atoms in total. The van der Waals surface area contributed by atoms with E-state index in [1.54, 1.807) is 14.2 Å². The average Bonchev–Trinajstić information content (AvgIpc) is 3.34. The molecule has 0 bridgehead atoms. The standard InChI is InChI=1S/C23H28N4O2S/c1-25-22(14-17-8-5-4-6-9-17)24-27(23(25)30)16-26-13-7-10-20(26)19-15-18(28-2)11-12-21(19)29-3/h4-6,8-9,11-12,15,20H,7,10,13-14,16H2,1-3H3/t20-/m1/s1. The van der Waals surface area contributed by atoms with Crippen LogP contribution in [0.1, 0.15) is 35.8 Å². The Morgan fingerprint density at radius 1 is 1.10 bits per heavy atom. The van der Waals surface area contributed by atoms with Crippen LogP contribution >= 0.6 is 12.2 Å². The SMILES string of the molecule is COc1ccc(OC)c([C@H]2CCCN2Cn2nc(Cc3ccccc3)n(C)c2=S)c1. The van der Waals surface area contributed by atoms with Crippen LogP contribution < -0.4 is 9.47 Å². The van der Waals surface area contributed by atoms with Gasteiger partial charge in [0.15, 0.2) is 4.77 Å². The summed E-state index contributed by atoms with van der Waals surface area (Å²) in [6.45, 7) is 1.66. The molecule has 1 saturated heterocycles. The molecule has 0 saturated carbocycles. The largest absolute Gasteiger partial charge is 0.497 e. The first kappa shape index (κ1) is 20.6. The minimum atomic E-state index is 0.247. The van der Waals surface area contributed by atoms with Crippen LogP contribution in [0.4, 0.5) is 0 Å². The third-order valence-electron chi connectivity index (χ3n) is 5.81. The topological polar surface area (TPSA) is 44.5 Å². The average molecular weight is 425 g/mol. The second-order valence-corrected chi connectivity index (χ2v) is 8.00. The summed E-state index contributed by atoms with van der Waals surface area (Å²) in [5, 5.41) is 4.85. The zero-order chi connectivity index (χ0) is 21.1. The van der Waals surface area contributed by atoms with Crippen LogP contribution in [0, 0.1) is 4.77 Å². The van der Waals surface area contributed by atoms with Gasteiger partial charge in [0.1, 0.15) is 17.3 Å². The zero-order valence-electron chi connectivity index (χ0n) is 17.7. The number of ether oxygens (including phenoxy) is 2. The Bertz CT molecular complexity index is 1060. The maximum absolute atomic E-state index is 5.70. The van der Waals surface area contributed by atoms with Crippen molar-refractivity contribution < 1.29 is 9.47 Å². The highest BCUT2D eigenvalue weighted by atomic mass is 32.1. The number of hydrogen-bond donors (Lipinski definition) is 0. The summed E-state index contributed by atoms with van der Waals surface area (Å²) in [4.78, 5) is 2.42. The fourth-order valence-electron chi connectivity index (χ4n) is 4.18. The molecule has 0 aliphatic carbocycles. The summed E-state index contributed by atoms with van der Waals surface area (Å²) in [7, 11) is 5.41. The lowest BCUT2D eigenvalue weighted by molar-refractivity contribution is 0.186. The molecule has 0 radical (unpaired) electrons. The lowest BCUT2D eigenvalue weighted by atomic mass is 10.0. The van der Waals surface area contributed by atoms with Crippen molar-refractivity contribution in [3.63, 3.8) is 0 Å². The number of rotatable bonds is 7. The van der Waals surface area contributed by atoms with Gasteiger partial charge in [-0.15, -0.1) is 0 Å². The quantitative estimate of drug-likeness (QED) is 0.528. The van der Waals surface area contributed by atoms with E-state index in [9.17, 15) is 0 Å². The molecule has 0 spiro atoms. The molecule has 0 amide bonds. The van der Waals surface area contributed by atoms with Crippen LogP contribution in [0.15, 0.2) is 48.5 Å². The van der Waals surface area contributed by atoms with Gasteiger partial charge in [-0.2, -0.15) is 5.10 Å². The van der Waals surface area contributed by atoms with E-state index in [1.807, 2.05) is 34.5 Å². The van der Waals surface area contributed by atoms with Gasteiger partial charge in [0.25, 0.3) is 0 Å². The first-order valence-electron chi connectivity index (χ1n) is 10.2. The Balaban J connectivity index is 1.58. The van der Waals surface area contributed by atoms with Gasteiger partial charge in [0.05, 0.1) is 20.9 Å². The molecule has 1 aliphatic rings. The van der Waals surface area contributed by atoms with E-state index in [0.29, 0.717) is 6.67 Å². The molecule has 158 valence electrons. The van der Waals surface area contributed by atoms with Gasteiger partial charge in [-0.25, -0.2) is 4.68 Å². The van der Waals surface area contributed by atoms with Gasteiger partial charge >= 0.3 is 0 Å². The Kier molecular flexibility index (Phi) is 6.20. The number of aromatic nitrogens is 3. The highest BCUT2D eigenvalue weighted by molar-refractivity contribution is 7.71. The van der Waals surface area contributed by atoms with Crippen LogP contribution in [0.5, 0.6) is 11.5 Å². The van der Waals surface area contributed by atoms with E-state index >= 15 is 0 Å². The Labute approximate surface area is 182 Å². The van der Waals surface area contributed by atoms with E-state index in [1.165, 1.54) is 5.56 Å². The zero-order valence-corrected chi connectivity index (χ0v) is 18.6. The summed E-state index contributed by atoms with van der Waals surface area (Å²) in [5.41, 5.74) is 2.38. The summed E-state index contributed by atoms with van der Waals surface area (Å²) in [6, 6.07) is 16.6. The van der Waals surface area contributed by atoms with Gasteiger partial charge in [-0.3, -0.25) is 4.90 Å². The van der Waals surface area contributed by atoms with Gasteiger partial charge in [-0.05, 0) is 48.8 Å². The van der Waals surface area contributed by atoms with Crippen LogP contribution in [-0.2, 0) is 20.1 Å². The van der Waals surface area contributed by atoms with Crippen molar-refractivity contribution in [2.45, 2.75) is 32.0 Å². The van der Waals surface area contributed by atoms with Crippen molar-refractivity contribution in [1.29, 1.82) is 0 Å². The molecule has 0 N–H and O–H groups in total. The van der Waals surface area contributed by atoms with E-state index < -0.39 is 0 Å². The molecule has 1 aromatic heterocycles. The third kappa shape index (κ3) is 4.13. The molecule has 1 aliphatic heterocycles. The number of benzene rings is 2. The van der Waals surface area contributed by atoms with Crippen molar-refractivity contribution in [2.24, 2.45) is 7.05 Å². The van der Waals surface area contributed by atoms with Gasteiger partial charge in [0, 0.05) is 31.6 Å². The molecule has 4 rings (SSSR count). The van der Waals surface area contributed by atoms with Crippen molar-refractivity contribution >= 4 is 12.2 Å². The third-order valence-corrected chi connectivity index (χ3v) is 6.30. The van der Waals surface area contributed by atoms with E-state index in [4.69, 9.17) is 26.8 Å². The smallest absolute Gasteiger partial charge is 0.198 e. The second kappa shape index (κ2) is 9.02. The van der Waals surface area contributed by atoms with Crippen molar-refractivity contribution in [3.8, 4) is 11.5 Å². The van der Waals surface area contributed by atoms with Crippen molar-refractivity contribution in [1.82, 2.24) is 19.2 Å². The van der Waals surface area contributed by atoms with Crippen LogP contribution in [-0.4, -0.2) is 40.0 Å². The fraction of sp³-hybridized carbons (Fsp3) is 0.391. The van der Waals surface area contributed by atoms with Gasteiger partial charge in [-0.1, -0.05) is 30.3 Å². The number of likely N-dealkylation sites (tertiary alicyclic amines) is 1. The van der Waals surface area contributed by atoms with Crippen LogP contribution in [0.25, 0.3) is 0 Å². The molecule has 30 heavy (non-hydrogen) atoms. The summed E-state index contributed by atoms with van der Waals surface area (Å²) < 4.78 is 15.8. The number of methoxy groups -OCH3 is 2. The predicted octanol–water partition coefficient (Wildman–Crippen LogP) is 4.35. The number of hydrogen-bond acceptors (Lipinski definition) is 5. The van der Waals surface area contributed by atoms with Crippen LogP contribution in [0.2, 0.25) is 0 Å². The Morgan fingerprint density at radius 2 is 1.90 bits per heavy atom. The van der Waals surface area contributed by atoms with Crippen LogP contribution in [0.3, 0.4) is 0 Å². The minimum absolute atomic E-state index is 0.247. The normalized spacial score (nSPS) is 16.7. The molecular weight excluding hydrogens is 396 g/mol. The molecule has 2 aromatic carbocycles. The van der Waals surface area contributed by atoms with Gasteiger partial charge in [0.2, 0.25) is 0 Å². The van der Waals surface area contributed by atoms with E-state index in [0.717, 1.165) is 53.5 Å². The fourth-order valence-corrected chi connectivity index (χ4v) is 4.38. The molecule has 3 aromatic rings. The first-order chi connectivity index (χ1) is 14.6. The minimum Gasteiger partial charge on any atom is -0.497 e. The molecular formula is C23H28N4O2S. The highest BCUT2D eigenvalue weighted by Gasteiger charge is 2.29. The van der Waals surface area contributed by atoms with E-state index in [2.05, 4.69) is 35.2 Å². The Morgan fingerprint density at radius 3 is 2.63 bits per heavy atom. The molecule has 7 heteroatoms. The maximum Gasteiger partial charge on any atom is 0.198 e. The molecule has 0 unspecified atom stereocenters. The lowest BCUT2D eigenvalue weighted by Crippen LogP contribution is -2.27. The van der Waals surface area contributed by atoms with Crippen molar-refractivity contribution in [3.05, 3.63) is 70.3 Å². The predicted molar refractivity (Wildman–Crippen MR) is 120 cm³/mol. The van der Waals surface area contributed by atoms with E-state index in [-0.39, 0.29) is 6.04 Å². The molecule has 1 atom stereocenters. The molecule has 1 fully saturated rings. The summed E-state index contributed by atoms with van der Waals surface area (Å²) in [6.07, 6.45) is 2.96. The summed E-state index contributed by atoms with van der Waals surface area (Å²) >= 11 is 5.70. The number of nitrogens with zero attached hydrogens (tertiary/aromatic N) is 4. The maximum atomic E-state index is 5.70. The summed E-state index contributed by atoms with van der Waals surface area (Å²) in [5.74, 6) is 2.71. The molecule has 2 heterocycles. The Hall–Kier alpha value is -2.64. The lowest BCUT2D eigenvalue weighted by Gasteiger charge is -2.26. The highest BCUT2D eigenvalue weighted by Crippen LogP contribution is 2.39.